The van der Waals surface area contributed by atoms with Gasteiger partial charge in [0.2, 0.25) is 0 Å². The number of rotatable bonds is 12. The molecule has 2 heteroatoms. The molecule has 0 fully saturated rings. The van der Waals surface area contributed by atoms with E-state index in [1.54, 1.807) is 30.7 Å². The van der Waals surface area contributed by atoms with Crippen molar-refractivity contribution in [2.24, 2.45) is 0 Å². The molecule has 0 heterocycles. The van der Waals surface area contributed by atoms with Crippen molar-refractivity contribution in [2.75, 3.05) is 0 Å². The number of hydrogen-bond acceptors (Lipinski definition) is 0. The van der Waals surface area contributed by atoms with Crippen LogP contribution < -0.4 is 0 Å². The van der Waals surface area contributed by atoms with E-state index in [2.05, 4.69) is 27.7 Å². The Morgan fingerprint density at radius 2 is 0.889 bits per heavy atom. The van der Waals surface area contributed by atoms with E-state index in [4.69, 9.17) is 0 Å². The second-order valence-electron chi connectivity index (χ2n) is 5.46. The van der Waals surface area contributed by atoms with E-state index in [1.165, 1.54) is 38.5 Å². The largest absolute Gasteiger partial charge is 0.412 e. The third kappa shape index (κ3) is 9.65. The van der Waals surface area contributed by atoms with Gasteiger partial charge in [0.05, 0.1) is 0 Å². The van der Waals surface area contributed by atoms with Crippen LogP contribution in [0, 0.1) is 0 Å². The van der Waals surface area contributed by atoms with E-state index in [0.29, 0.717) is 0 Å². The van der Waals surface area contributed by atoms with Gasteiger partial charge in [-0.05, 0) is 0 Å². The Bertz CT molecular complexity index is 141. The summed E-state index contributed by atoms with van der Waals surface area (Å²) in [4.78, 5) is 0. The molecule has 0 rings (SSSR count). The molecule has 0 aliphatic rings. The normalized spacial score (nSPS) is 12.2. The third-order valence-electron chi connectivity index (χ3n) is 3.64. The molecule has 0 atom stereocenters. The summed E-state index contributed by atoms with van der Waals surface area (Å²) in [6.45, 7) is 9.50. The topological polar surface area (TPSA) is 31.5 Å². The first kappa shape index (κ1) is 21.1. The van der Waals surface area contributed by atoms with E-state index < -0.39 is 18.2 Å². The van der Waals surface area contributed by atoms with Crippen molar-refractivity contribution in [2.45, 2.75) is 96.9 Å². The van der Waals surface area contributed by atoms with Crippen LogP contribution >= 0.6 is 0 Å². The van der Waals surface area contributed by atoms with Crippen LogP contribution in [0.5, 0.6) is 0 Å². The molecule has 114 valence electrons. The maximum atomic E-state index is 2.41. The molecule has 0 aromatic rings. The molecule has 0 aliphatic heterocycles. The second kappa shape index (κ2) is 14.2. The quantitative estimate of drug-likeness (QED) is 0.305. The molecular formula is C16H38OTe. The van der Waals surface area contributed by atoms with Crippen molar-refractivity contribution in [3.05, 3.63) is 0 Å². The first-order chi connectivity index (χ1) is 8.24. The molecule has 18 heavy (non-hydrogen) atoms. The Hall–Kier alpha value is 0.750. The fourth-order valence-corrected chi connectivity index (χ4v) is 15.9. The van der Waals surface area contributed by atoms with Crippen LogP contribution in [0.3, 0.4) is 0 Å². The molecule has 0 aromatic heterocycles. The zero-order valence-electron chi connectivity index (χ0n) is 13.4. The van der Waals surface area contributed by atoms with Gasteiger partial charge in [-0.1, -0.05) is 0 Å². The number of hydrogen-bond donors (Lipinski definition) is 0. The minimum Gasteiger partial charge on any atom is -0.412 e. The van der Waals surface area contributed by atoms with Crippen LogP contribution in [0.4, 0.5) is 0 Å². The van der Waals surface area contributed by atoms with Crippen molar-refractivity contribution in [1.29, 1.82) is 0 Å². The Labute approximate surface area is 120 Å². The van der Waals surface area contributed by atoms with Crippen LogP contribution in [0.25, 0.3) is 0 Å². The van der Waals surface area contributed by atoms with Gasteiger partial charge >= 0.3 is 115 Å². The molecule has 0 saturated heterocycles. The Morgan fingerprint density at radius 1 is 0.500 bits per heavy atom. The van der Waals surface area contributed by atoms with Crippen molar-refractivity contribution in [3.63, 3.8) is 0 Å². The summed E-state index contributed by atoms with van der Waals surface area (Å²) in [7, 11) is 0. The van der Waals surface area contributed by atoms with Crippen molar-refractivity contribution >= 4 is 18.2 Å². The van der Waals surface area contributed by atoms with Crippen LogP contribution in [0.2, 0.25) is 17.9 Å². The minimum atomic E-state index is -1.45. The molecule has 0 saturated carbocycles. The average molecular weight is 374 g/mol. The SMILES string of the molecule is CCCCC[Te](CCC)(CCC)CCCCC.O. The van der Waals surface area contributed by atoms with Crippen LogP contribution in [-0.4, -0.2) is 23.7 Å². The summed E-state index contributed by atoms with van der Waals surface area (Å²) in [6, 6.07) is 0. The summed E-state index contributed by atoms with van der Waals surface area (Å²) in [5, 5.41) is 0. The Morgan fingerprint density at radius 3 is 1.17 bits per heavy atom. The van der Waals surface area contributed by atoms with E-state index in [0.717, 1.165) is 0 Å². The van der Waals surface area contributed by atoms with E-state index in [-0.39, 0.29) is 5.48 Å². The average Bonchev–Trinajstić information content (AvgIpc) is 2.30. The summed E-state index contributed by atoms with van der Waals surface area (Å²) >= 11 is -1.45. The third-order valence-corrected chi connectivity index (χ3v) is 17.5. The van der Waals surface area contributed by atoms with E-state index in [1.807, 2.05) is 0 Å². The van der Waals surface area contributed by atoms with Gasteiger partial charge in [-0.25, -0.2) is 0 Å². The molecule has 0 bridgehead atoms. The molecular weight excluding hydrogens is 336 g/mol. The van der Waals surface area contributed by atoms with Crippen molar-refractivity contribution < 1.29 is 5.48 Å². The van der Waals surface area contributed by atoms with Gasteiger partial charge in [0, 0.05) is 0 Å². The monoisotopic (exact) mass is 376 g/mol. The smallest absolute Gasteiger partial charge is 0.412 e. The van der Waals surface area contributed by atoms with Crippen LogP contribution in [0.1, 0.15) is 79.1 Å². The molecule has 0 unspecified atom stereocenters. The van der Waals surface area contributed by atoms with Crippen molar-refractivity contribution in [3.8, 4) is 0 Å². The maximum Gasteiger partial charge on any atom is -0.412 e. The van der Waals surface area contributed by atoms with Gasteiger partial charge in [0.25, 0.3) is 0 Å². The minimum absolute atomic E-state index is 0. The van der Waals surface area contributed by atoms with E-state index >= 15 is 0 Å². The molecule has 0 aromatic carbocycles. The maximum absolute atomic E-state index is 2.41. The van der Waals surface area contributed by atoms with Gasteiger partial charge in [-0.3, -0.25) is 0 Å². The van der Waals surface area contributed by atoms with Gasteiger partial charge in [-0.15, -0.1) is 0 Å². The fourth-order valence-electron chi connectivity index (χ4n) is 2.79. The first-order valence-corrected chi connectivity index (χ1v) is 14.6. The summed E-state index contributed by atoms with van der Waals surface area (Å²) in [5.41, 5.74) is 0. The summed E-state index contributed by atoms with van der Waals surface area (Å²) < 4.78 is 6.68. The zero-order valence-corrected chi connectivity index (χ0v) is 15.7. The van der Waals surface area contributed by atoms with E-state index in [9.17, 15) is 0 Å². The predicted molar refractivity (Wildman–Crippen MR) is 88.2 cm³/mol. The van der Waals surface area contributed by atoms with Gasteiger partial charge in [-0.2, -0.15) is 0 Å². The Kier molecular flexibility index (Phi) is 16.6. The zero-order chi connectivity index (χ0) is 13.0. The van der Waals surface area contributed by atoms with Gasteiger partial charge < -0.3 is 5.48 Å². The van der Waals surface area contributed by atoms with Crippen LogP contribution in [0.15, 0.2) is 0 Å². The summed E-state index contributed by atoms with van der Waals surface area (Å²) in [6.07, 6.45) is 11.8. The molecule has 0 radical (unpaired) electrons. The predicted octanol–water partition coefficient (Wildman–Crippen LogP) is 5.81. The molecule has 2 N–H and O–H groups in total. The molecule has 0 amide bonds. The standard InChI is InChI=1S/C16H36Te.H2O/c1-5-9-11-15-17(13-7-3,14-8-4)16-12-10-6-2;/h5-16H2,1-4H3;1H2. The van der Waals surface area contributed by atoms with Gasteiger partial charge in [0.1, 0.15) is 0 Å². The fraction of sp³-hybridized carbons (Fsp3) is 1.00. The van der Waals surface area contributed by atoms with Gasteiger partial charge in [0.15, 0.2) is 0 Å². The molecule has 1 nitrogen and oxygen atoms in total. The first-order valence-electron chi connectivity index (χ1n) is 7.98. The second-order valence-corrected chi connectivity index (χ2v) is 17.1. The molecule has 0 spiro atoms. The Balaban J connectivity index is 0. The van der Waals surface area contributed by atoms with Crippen molar-refractivity contribution in [1.82, 2.24) is 0 Å². The van der Waals surface area contributed by atoms with Crippen LogP contribution in [-0.2, 0) is 0 Å². The molecule has 0 aliphatic carbocycles. The summed E-state index contributed by atoms with van der Waals surface area (Å²) in [5.74, 6) is 0. The number of unbranched alkanes of at least 4 members (excludes halogenated alkanes) is 4.